The first-order valence-electron chi connectivity index (χ1n) is 10.9. The highest BCUT2D eigenvalue weighted by Crippen LogP contribution is 2.48. The molecule has 0 spiro atoms. The summed E-state index contributed by atoms with van der Waals surface area (Å²) in [7, 11) is -5.00. The maximum Gasteiger partial charge on any atom is 0.513 e. The number of carbonyl (C=O) groups is 1. The van der Waals surface area contributed by atoms with Gasteiger partial charge >= 0.3 is 13.7 Å². The lowest BCUT2D eigenvalue weighted by molar-refractivity contribution is -0.150. The number of carbonyl (C=O) groups excluding carboxylic acids is 1. The van der Waals surface area contributed by atoms with E-state index in [-0.39, 0.29) is 17.8 Å². The molecule has 1 fully saturated rings. The van der Waals surface area contributed by atoms with E-state index < -0.39 is 60.7 Å². The fourth-order valence-electron chi connectivity index (χ4n) is 3.17. The molecule has 1 aliphatic rings. The number of benzene rings is 2. The molecule has 1 N–H and O–H groups in total. The van der Waals surface area contributed by atoms with Gasteiger partial charge in [-0.3, -0.25) is 4.79 Å². The summed E-state index contributed by atoms with van der Waals surface area (Å²) in [4.78, 5) is 12.4. The number of hydrogen-bond donors (Lipinski definition) is 1. The summed E-state index contributed by atoms with van der Waals surface area (Å²) in [6.07, 6.45) is -0.142. The predicted octanol–water partition coefficient (Wildman–Crippen LogP) is 5.56. The average molecular weight is 537 g/mol. The van der Waals surface area contributed by atoms with Crippen LogP contribution in [0.2, 0.25) is 0 Å². The Kier molecular flexibility index (Phi) is 8.32. The Hall–Kier alpha value is -2.69. The largest absolute Gasteiger partial charge is 0.513 e. The molecule has 0 saturated carbocycles. The maximum absolute atomic E-state index is 14.3. The van der Waals surface area contributed by atoms with Gasteiger partial charge in [-0.05, 0) is 30.0 Å². The lowest BCUT2D eigenvalue weighted by atomic mass is 9.87. The molecule has 7 nitrogen and oxygen atoms in total. The summed E-state index contributed by atoms with van der Waals surface area (Å²) in [6, 6.07) is 4.54. The van der Waals surface area contributed by atoms with Gasteiger partial charge < -0.3 is 18.5 Å². The monoisotopic (exact) mass is 537 g/mol. The molecule has 3 atom stereocenters. The molecule has 1 heterocycles. The van der Waals surface area contributed by atoms with Crippen molar-refractivity contribution in [3.63, 3.8) is 0 Å². The van der Waals surface area contributed by atoms with Crippen LogP contribution in [0.4, 0.5) is 22.0 Å². The van der Waals surface area contributed by atoms with E-state index in [4.69, 9.17) is 18.5 Å². The minimum Gasteiger partial charge on any atom is -0.459 e. The molecule has 0 radical (unpaired) electrons. The second-order valence-electron chi connectivity index (χ2n) is 9.13. The fourth-order valence-corrected chi connectivity index (χ4v) is 4.70. The highest BCUT2D eigenvalue weighted by Gasteiger charge is 2.39. The van der Waals surface area contributed by atoms with Gasteiger partial charge in [0.1, 0.15) is 17.9 Å². The van der Waals surface area contributed by atoms with E-state index in [2.05, 4.69) is 5.09 Å². The Morgan fingerprint density at radius 1 is 1.00 bits per heavy atom. The van der Waals surface area contributed by atoms with Gasteiger partial charge in [-0.2, -0.15) is 13.9 Å². The molecule has 1 unspecified atom stereocenters. The number of ether oxygens (including phenoxy) is 2. The van der Waals surface area contributed by atoms with E-state index >= 15 is 0 Å². The Balaban J connectivity index is 1.93. The van der Waals surface area contributed by atoms with Crippen molar-refractivity contribution in [2.45, 2.75) is 51.7 Å². The van der Waals surface area contributed by atoms with Crippen LogP contribution in [0.5, 0.6) is 11.5 Å². The summed E-state index contributed by atoms with van der Waals surface area (Å²) in [6.45, 7) is 7.51. The van der Waals surface area contributed by atoms with Crippen LogP contribution in [0.25, 0.3) is 0 Å². The normalized spacial score (nSPS) is 18.4. The summed E-state index contributed by atoms with van der Waals surface area (Å²) < 4.78 is 103. The van der Waals surface area contributed by atoms with Gasteiger partial charge in [-0.25, -0.2) is 17.7 Å². The van der Waals surface area contributed by atoms with Gasteiger partial charge in [0.15, 0.2) is 0 Å². The average Bonchev–Trinajstić information content (AvgIpc) is 3.32. The van der Waals surface area contributed by atoms with E-state index in [1.54, 1.807) is 12.1 Å². The van der Waals surface area contributed by atoms with Crippen LogP contribution in [0.15, 0.2) is 24.3 Å². The SMILES string of the molecule is C[C@H](NP(=O)(Oc1ccc(C(C)(C)C)cc1)Oc1c(F)c(F)c(F)c(F)c1F)C(=O)O[C@H]1CCOC1. The van der Waals surface area contributed by atoms with Gasteiger partial charge in [0, 0.05) is 6.42 Å². The molecule has 36 heavy (non-hydrogen) atoms. The molecule has 0 aromatic heterocycles. The molecular weight excluding hydrogens is 512 g/mol. The number of rotatable bonds is 8. The Morgan fingerprint density at radius 2 is 1.56 bits per heavy atom. The van der Waals surface area contributed by atoms with Crippen LogP contribution < -0.4 is 14.1 Å². The summed E-state index contributed by atoms with van der Waals surface area (Å²) >= 11 is 0. The van der Waals surface area contributed by atoms with Crippen molar-refractivity contribution < 1.29 is 49.8 Å². The van der Waals surface area contributed by atoms with Crippen LogP contribution in [0.1, 0.15) is 39.7 Å². The van der Waals surface area contributed by atoms with Gasteiger partial charge in [0.05, 0.1) is 13.2 Å². The van der Waals surface area contributed by atoms with Gasteiger partial charge in [-0.1, -0.05) is 32.9 Å². The molecule has 13 heteroatoms. The smallest absolute Gasteiger partial charge is 0.459 e. The summed E-state index contributed by atoms with van der Waals surface area (Å²) in [5.41, 5.74) is 0.600. The van der Waals surface area contributed by atoms with Crippen molar-refractivity contribution in [1.29, 1.82) is 0 Å². The minimum atomic E-state index is -5.00. The molecule has 198 valence electrons. The van der Waals surface area contributed by atoms with E-state index in [9.17, 15) is 31.3 Å². The van der Waals surface area contributed by atoms with Gasteiger partial charge in [-0.15, -0.1) is 0 Å². The molecule has 1 aliphatic heterocycles. The van der Waals surface area contributed by atoms with E-state index in [0.29, 0.717) is 13.0 Å². The van der Waals surface area contributed by atoms with Gasteiger partial charge in [0.2, 0.25) is 34.8 Å². The van der Waals surface area contributed by atoms with Crippen LogP contribution in [-0.4, -0.2) is 31.3 Å². The molecule has 0 amide bonds. The topological polar surface area (TPSA) is 83.1 Å². The summed E-state index contributed by atoms with van der Waals surface area (Å²) in [5, 5.41) is 2.14. The van der Waals surface area contributed by atoms with Crippen LogP contribution in [0, 0.1) is 29.1 Å². The standard InChI is InChI=1S/C23H25F5NO6P/c1-12(22(30)33-15-9-10-32-11-15)29-36(31,34-14-7-5-13(6-8-14)23(2,3)4)35-21-19(27)17(25)16(24)18(26)20(21)28/h5-8,12,15H,9-11H2,1-4H3,(H,29,31)/t12-,15-,36?/m0/s1. The Bertz CT molecular complexity index is 1140. The van der Waals surface area contributed by atoms with Crippen molar-refractivity contribution in [2.75, 3.05) is 13.2 Å². The van der Waals surface area contributed by atoms with E-state index in [1.165, 1.54) is 19.1 Å². The van der Waals surface area contributed by atoms with Crippen molar-refractivity contribution in [1.82, 2.24) is 5.09 Å². The number of nitrogens with one attached hydrogen (secondary N) is 1. The van der Waals surface area contributed by atoms with Crippen LogP contribution in [0.3, 0.4) is 0 Å². The second-order valence-corrected chi connectivity index (χ2v) is 10.7. The number of hydrogen-bond acceptors (Lipinski definition) is 6. The zero-order valence-corrected chi connectivity index (χ0v) is 20.8. The zero-order chi connectivity index (χ0) is 26.8. The second kappa shape index (κ2) is 10.7. The molecule has 0 aliphatic carbocycles. The first-order chi connectivity index (χ1) is 16.7. The number of esters is 1. The van der Waals surface area contributed by atoms with Crippen LogP contribution >= 0.6 is 7.75 Å². The van der Waals surface area contributed by atoms with Crippen molar-refractivity contribution in [3.05, 3.63) is 58.9 Å². The lowest BCUT2D eigenvalue weighted by Crippen LogP contribution is -2.38. The van der Waals surface area contributed by atoms with Crippen molar-refractivity contribution in [3.8, 4) is 11.5 Å². The molecular formula is C23H25F5NO6P. The quantitative estimate of drug-likeness (QED) is 0.155. The third-order valence-corrected chi connectivity index (χ3v) is 6.78. The summed E-state index contributed by atoms with van der Waals surface area (Å²) in [5.74, 6) is -14.7. The fraction of sp³-hybridized carbons (Fsp3) is 0.435. The molecule has 2 aromatic rings. The van der Waals surface area contributed by atoms with Crippen molar-refractivity contribution in [2.24, 2.45) is 0 Å². The molecule has 1 saturated heterocycles. The molecule has 3 rings (SSSR count). The first kappa shape index (κ1) is 27.9. The van der Waals surface area contributed by atoms with E-state index in [0.717, 1.165) is 5.56 Å². The lowest BCUT2D eigenvalue weighted by Gasteiger charge is -2.25. The Labute approximate surface area is 204 Å². The molecule has 2 aromatic carbocycles. The van der Waals surface area contributed by atoms with Crippen molar-refractivity contribution >= 4 is 13.7 Å². The van der Waals surface area contributed by atoms with Gasteiger partial charge in [0.25, 0.3) is 0 Å². The third-order valence-electron chi connectivity index (χ3n) is 5.20. The highest BCUT2D eigenvalue weighted by atomic mass is 31.2. The maximum atomic E-state index is 14.3. The first-order valence-corrected chi connectivity index (χ1v) is 12.4. The number of halogens is 5. The molecule has 0 bridgehead atoms. The van der Waals surface area contributed by atoms with E-state index in [1.807, 2.05) is 20.8 Å². The highest BCUT2D eigenvalue weighted by molar-refractivity contribution is 7.52. The zero-order valence-electron chi connectivity index (χ0n) is 19.9. The van der Waals surface area contributed by atoms with Crippen LogP contribution in [-0.2, 0) is 24.2 Å². The minimum absolute atomic E-state index is 0.132. The predicted molar refractivity (Wildman–Crippen MR) is 118 cm³/mol. The Morgan fingerprint density at radius 3 is 2.06 bits per heavy atom. The third kappa shape index (κ3) is 6.35.